The zero-order chi connectivity index (χ0) is 14.0. The predicted octanol–water partition coefficient (Wildman–Crippen LogP) is 2.78. The van der Waals surface area contributed by atoms with Crippen molar-refractivity contribution in [1.82, 2.24) is 4.98 Å². The number of hydrogen-bond acceptors (Lipinski definition) is 6. The first-order chi connectivity index (χ1) is 8.94. The third kappa shape index (κ3) is 2.82. The Morgan fingerprint density at radius 1 is 1.53 bits per heavy atom. The first kappa shape index (κ1) is 13.7. The molecule has 102 valence electrons. The normalized spacial score (nSPS) is 11.7. The maximum atomic E-state index is 11.3. The molecule has 2 N–H and O–H groups in total. The zero-order valence-corrected chi connectivity index (χ0v) is 11.5. The number of fused-ring (bicyclic) bond motifs is 1. The Hall–Kier alpha value is -1.73. The molecule has 0 fully saturated rings. The highest BCUT2D eigenvalue weighted by molar-refractivity contribution is 7.16. The van der Waals surface area contributed by atoms with E-state index in [1.165, 1.54) is 11.3 Å². The summed E-state index contributed by atoms with van der Waals surface area (Å²) in [5.74, 6) is 0. The highest BCUT2D eigenvalue weighted by Gasteiger charge is 2.25. The van der Waals surface area contributed by atoms with Gasteiger partial charge in [0.15, 0.2) is 5.52 Å². The van der Waals surface area contributed by atoms with Crippen molar-refractivity contribution in [3.8, 4) is 0 Å². The number of hydrogen-bond donors (Lipinski definition) is 2. The van der Waals surface area contributed by atoms with E-state index in [1.54, 1.807) is 11.6 Å². The average molecular weight is 281 g/mol. The first-order valence-corrected chi connectivity index (χ1v) is 6.72. The van der Waals surface area contributed by atoms with Crippen LogP contribution in [0.1, 0.15) is 20.3 Å². The topological polar surface area (TPSA) is 88.3 Å². The number of aromatic nitrogens is 1. The molecule has 0 radical (unpaired) electrons. The summed E-state index contributed by atoms with van der Waals surface area (Å²) in [6.07, 6.45) is 0.499. The molecule has 1 heterocycles. The smallest absolute Gasteiger partial charge is 0.319 e. The highest BCUT2D eigenvalue weighted by atomic mass is 32.1. The third-order valence-corrected chi connectivity index (χ3v) is 3.66. The first-order valence-electron chi connectivity index (χ1n) is 5.84. The van der Waals surface area contributed by atoms with Gasteiger partial charge in [0.25, 0.3) is 0 Å². The van der Waals surface area contributed by atoms with Gasteiger partial charge in [-0.3, -0.25) is 10.1 Å². The number of thiazole rings is 1. The van der Waals surface area contributed by atoms with Crippen LogP contribution in [0.4, 0.5) is 11.4 Å². The van der Waals surface area contributed by atoms with Gasteiger partial charge in [-0.2, -0.15) is 0 Å². The summed E-state index contributed by atoms with van der Waals surface area (Å²) in [5, 5.41) is 23.4. The fourth-order valence-corrected chi connectivity index (χ4v) is 2.59. The molecule has 0 saturated carbocycles. The molecule has 0 amide bonds. The molecule has 0 aliphatic rings. The maximum absolute atomic E-state index is 11.3. The summed E-state index contributed by atoms with van der Waals surface area (Å²) in [5.41, 5.74) is 2.00. The van der Waals surface area contributed by atoms with E-state index in [0.717, 1.165) is 4.70 Å². The van der Waals surface area contributed by atoms with Crippen molar-refractivity contribution in [2.24, 2.45) is 0 Å². The van der Waals surface area contributed by atoms with Gasteiger partial charge in [0.2, 0.25) is 0 Å². The van der Waals surface area contributed by atoms with Crippen LogP contribution in [0.15, 0.2) is 17.6 Å². The van der Waals surface area contributed by atoms with Gasteiger partial charge in [0.1, 0.15) is 5.69 Å². The van der Waals surface area contributed by atoms with Crippen molar-refractivity contribution in [3.05, 3.63) is 27.8 Å². The van der Waals surface area contributed by atoms with E-state index in [-0.39, 0.29) is 12.3 Å². The SMILES string of the molecule is CC(C)(CCO)Nc1ccc2scnc2c1[N+](=O)[O-]. The fourth-order valence-electron chi connectivity index (χ4n) is 1.91. The van der Waals surface area contributed by atoms with Gasteiger partial charge < -0.3 is 10.4 Å². The Morgan fingerprint density at radius 2 is 2.26 bits per heavy atom. The predicted molar refractivity (Wildman–Crippen MR) is 75.7 cm³/mol. The lowest BCUT2D eigenvalue weighted by atomic mass is 10.0. The van der Waals surface area contributed by atoms with E-state index in [1.807, 2.05) is 19.9 Å². The van der Waals surface area contributed by atoms with Crippen molar-refractivity contribution in [1.29, 1.82) is 0 Å². The standard InChI is InChI=1S/C12H15N3O3S/c1-12(2,5-6-16)14-8-3-4-9-10(13-7-19-9)11(8)15(17)18/h3-4,7,14,16H,5-6H2,1-2H3. The van der Waals surface area contributed by atoms with E-state index in [9.17, 15) is 10.1 Å². The molecule has 0 spiro atoms. The summed E-state index contributed by atoms with van der Waals surface area (Å²) in [7, 11) is 0. The van der Waals surface area contributed by atoms with Crippen LogP contribution >= 0.6 is 11.3 Å². The lowest BCUT2D eigenvalue weighted by Crippen LogP contribution is -2.32. The molecular weight excluding hydrogens is 266 g/mol. The minimum absolute atomic E-state index is 0.00948. The van der Waals surface area contributed by atoms with Crippen LogP contribution in [-0.4, -0.2) is 27.2 Å². The lowest BCUT2D eigenvalue weighted by molar-refractivity contribution is -0.382. The van der Waals surface area contributed by atoms with Crippen molar-refractivity contribution in [2.75, 3.05) is 11.9 Å². The number of nitro benzene ring substituents is 1. The zero-order valence-electron chi connectivity index (χ0n) is 10.7. The van der Waals surface area contributed by atoms with Gasteiger partial charge in [-0.05, 0) is 32.4 Å². The molecular formula is C12H15N3O3S. The molecule has 19 heavy (non-hydrogen) atoms. The average Bonchev–Trinajstić information content (AvgIpc) is 2.75. The summed E-state index contributed by atoms with van der Waals surface area (Å²) < 4.78 is 0.789. The summed E-state index contributed by atoms with van der Waals surface area (Å²) in [6, 6.07) is 3.51. The van der Waals surface area contributed by atoms with Crippen LogP contribution in [0, 0.1) is 10.1 Å². The molecule has 2 rings (SSSR count). The molecule has 6 nitrogen and oxygen atoms in total. The van der Waals surface area contributed by atoms with E-state index in [4.69, 9.17) is 5.11 Å². The van der Waals surface area contributed by atoms with Crippen LogP contribution in [-0.2, 0) is 0 Å². The second-order valence-electron chi connectivity index (χ2n) is 4.90. The Balaban J connectivity index is 2.48. The summed E-state index contributed by atoms with van der Waals surface area (Å²) in [6.45, 7) is 3.79. The number of aliphatic hydroxyl groups excluding tert-OH is 1. The number of rotatable bonds is 5. The van der Waals surface area contributed by atoms with Crippen LogP contribution in [0.5, 0.6) is 0 Å². The third-order valence-electron chi connectivity index (χ3n) is 2.87. The van der Waals surface area contributed by atoms with Crippen molar-refractivity contribution in [3.63, 3.8) is 0 Å². The number of nitro groups is 1. The van der Waals surface area contributed by atoms with Crippen molar-refractivity contribution < 1.29 is 10.0 Å². The van der Waals surface area contributed by atoms with Crippen LogP contribution < -0.4 is 5.32 Å². The Bertz CT molecular complexity index is 609. The molecule has 0 atom stereocenters. The minimum atomic E-state index is -0.427. The van der Waals surface area contributed by atoms with Gasteiger partial charge in [0, 0.05) is 12.1 Å². The minimum Gasteiger partial charge on any atom is -0.396 e. The van der Waals surface area contributed by atoms with Gasteiger partial charge in [0.05, 0.1) is 15.1 Å². The Morgan fingerprint density at radius 3 is 2.89 bits per heavy atom. The molecule has 1 aromatic heterocycles. The second-order valence-corrected chi connectivity index (χ2v) is 5.79. The molecule has 0 aliphatic heterocycles. The number of nitrogens with zero attached hydrogens (tertiary/aromatic N) is 2. The fraction of sp³-hybridized carbons (Fsp3) is 0.417. The molecule has 2 aromatic rings. The van der Waals surface area contributed by atoms with E-state index in [2.05, 4.69) is 10.3 Å². The van der Waals surface area contributed by atoms with Crippen LogP contribution in [0.25, 0.3) is 10.2 Å². The highest BCUT2D eigenvalue weighted by Crippen LogP contribution is 2.36. The largest absolute Gasteiger partial charge is 0.396 e. The van der Waals surface area contributed by atoms with Gasteiger partial charge in [-0.25, -0.2) is 4.98 Å². The quantitative estimate of drug-likeness (QED) is 0.650. The second kappa shape index (κ2) is 5.10. The Kier molecular flexibility index (Phi) is 3.68. The number of anilines is 1. The van der Waals surface area contributed by atoms with Gasteiger partial charge in [-0.1, -0.05) is 0 Å². The van der Waals surface area contributed by atoms with Crippen LogP contribution in [0.2, 0.25) is 0 Å². The monoisotopic (exact) mass is 281 g/mol. The van der Waals surface area contributed by atoms with E-state index in [0.29, 0.717) is 17.6 Å². The number of nitrogens with one attached hydrogen (secondary N) is 1. The molecule has 1 aromatic carbocycles. The molecule has 7 heteroatoms. The van der Waals surface area contributed by atoms with Gasteiger partial charge in [-0.15, -0.1) is 11.3 Å². The lowest BCUT2D eigenvalue weighted by Gasteiger charge is -2.26. The molecule has 0 bridgehead atoms. The van der Waals surface area contributed by atoms with Gasteiger partial charge >= 0.3 is 5.69 Å². The molecule has 0 aliphatic carbocycles. The van der Waals surface area contributed by atoms with Crippen LogP contribution in [0.3, 0.4) is 0 Å². The molecule has 0 saturated heterocycles. The van der Waals surface area contributed by atoms with E-state index >= 15 is 0 Å². The van der Waals surface area contributed by atoms with Crippen molar-refractivity contribution in [2.45, 2.75) is 25.8 Å². The van der Waals surface area contributed by atoms with E-state index < -0.39 is 10.5 Å². The maximum Gasteiger partial charge on any atom is 0.319 e. The number of benzene rings is 1. The summed E-state index contributed by atoms with van der Waals surface area (Å²) in [4.78, 5) is 14.9. The molecule has 0 unspecified atom stereocenters. The number of aliphatic hydroxyl groups is 1. The summed E-state index contributed by atoms with van der Waals surface area (Å²) >= 11 is 1.37. The Labute approximate surface area is 114 Å². The van der Waals surface area contributed by atoms with Crippen molar-refractivity contribution >= 4 is 32.9 Å².